The number of aromatic amines is 1. The SMILES string of the molecule is [c]1[nH]ccc1C1CCCCCCC1. The highest BCUT2D eigenvalue weighted by atomic mass is 14.6. The Morgan fingerprint density at radius 2 is 1.77 bits per heavy atom. The molecule has 71 valence electrons. The summed E-state index contributed by atoms with van der Waals surface area (Å²) in [6.07, 6.45) is 15.1. The van der Waals surface area contributed by atoms with E-state index in [1.807, 2.05) is 6.20 Å². The van der Waals surface area contributed by atoms with Crippen LogP contribution in [0.1, 0.15) is 56.4 Å². The first-order chi connectivity index (χ1) is 6.47. The summed E-state index contributed by atoms with van der Waals surface area (Å²) in [5.41, 5.74) is 1.40. The van der Waals surface area contributed by atoms with E-state index in [4.69, 9.17) is 0 Å². The highest BCUT2D eigenvalue weighted by Crippen LogP contribution is 2.30. The molecule has 1 fully saturated rings. The molecule has 1 saturated carbocycles. The maximum Gasteiger partial charge on any atom is 0.0657 e. The maximum absolute atomic E-state index is 3.23. The van der Waals surface area contributed by atoms with E-state index in [0.29, 0.717) is 0 Å². The minimum absolute atomic E-state index is 0.784. The van der Waals surface area contributed by atoms with Gasteiger partial charge in [-0.05, 0) is 30.4 Å². The largest absolute Gasteiger partial charge is 0.360 e. The highest BCUT2D eigenvalue weighted by Gasteiger charge is 2.13. The molecule has 1 aromatic rings. The van der Waals surface area contributed by atoms with Gasteiger partial charge in [-0.1, -0.05) is 32.1 Å². The van der Waals surface area contributed by atoms with Gasteiger partial charge < -0.3 is 4.98 Å². The molecule has 1 aliphatic rings. The Morgan fingerprint density at radius 3 is 2.38 bits per heavy atom. The van der Waals surface area contributed by atoms with Crippen molar-refractivity contribution in [2.24, 2.45) is 0 Å². The van der Waals surface area contributed by atoms with Gasteiger partial charge in [-0.25, -0.2) is 0 Å². The first kappa shape index (κ1) is 8.86. The molecule has 1 radical (unpaired) electrons. The van der Waals surface area contributed by atoms with Crippen LogP contribution in [0.2, 0.25) is 0 Å². The summed E-state index contributed by atoms with van der Waals surface area (Å²) in [5.74, 6) is 0.784. The van der Waals surface area contributed by atoms with Crippen molar-refractivity contribution < 1.29 is 0 Å². The van der Waals surface area contributed by atoms with Crippen molar-refractivity contribution in [1.82, 2.24) is 4.98 Å². The van der Waals surface area contributed by atoms with E-state index in [1.165, 1.54) is 50.5 Å². The molecule has 0 aromatic carbocycles. The zero-order valence-corrected chi connectivity index (χ0v) is 8.18. The second-order valence-electron chi connectivity index (χ2n) is 4.10. The minimum atomic E-state index is 0.784. The smallest absolute Gasteiger partial charge is 0.0657 e. The third-order valence-corrected chi connectivity index (χ3v) is 3.11. The summed E-state index contributed by atoms with van der Waals surface area (Å²) < 4.78 is 0. The standard InChI is InChI=1S/C12H18N/c1-2-4-6-11(7-5-3-1)12-8-9-13-10-12/h8-9,11,13H,1-7H2. The molecule has 1 heterocycles. The van der Waals surface area contributed by atoms with Gasteiger partial charge in [0.1, 0.15) is 0 Å². The Bertz CT molecular complexity index is 217. The lowest BCUT2D eigenvalue weighted by atomic mass is 9.87. The fourth-order valence-electron chi connectivity index (χ4n) is 2.30. The molecule has 1 N–H and O–H groups in total. The number of nitrogens with one attached hydrogen (secondary N) is 1. The van der Waals surface area contributed by atoms with Crippen molar-refractivity contribution in [1.29, 1.82) is 0 Å². The second-order valence-corrected chi connectivity index (χ2v) is 4.10. The van der Waals surface area contributed by atoms with E-state index in [1.54, 1.807) is 0 Å². The van der Waals surface area contributed by atoms with Crippen molar-refractivity contribution in [2.45, 2.75) is 50.9 Å². The topological polar surface area (TPSA) is 15.8 Å². The molecule has 0 aliphatic heterocycles. The van der Waals surface area contributed by atoms with E-state index in [-0.39, 0.29) is 0 Å². The van der Waals surface area contributed by atoms with Crippen molar-refractivity contribution in [2.75, 3.05) is 0 Å². The molecule has 2 rings (SSSR count). The zero-order chi connectivity index (χ0) is 8.93. The molecule has 0 saturated heterocycles. The lowest BCUT2D eigenvalue weighted by Crippen LogP contribution is -2.01. The highest BCUT2D eigenvalue weighted by molar-refractivity contribution is 5.13. The monoisotopic (exact) mass is 176 g/mol. The normalized spacial score (nSPS) is 20.9. The van der Waals surface area contributed by atoms with Crippen LogP contribution in [0.25, 0.3) is 0 Å². The van der Waals surface area contributed by atoms with E-state index >= 15 is 0 Å². The van der Waals surface area contributed by atoms with Gasteiger partial charge in [0.2, 0.25) is 0 Å². The van der Waals surface area contributed by atoms with Crippen LogP contribution in [0.4, 0.5) is 0 Å². The predicted molar refractivity (Wildman–Crippen MR) is 54.7 cm³/mol. The van der Waals surface area contributed by atoms with E-state index in [2.05, 4.69) is 17.2 Å². The summed E-state index contributed by atoms with van der Waals surface area (Å²) in [4.78, 5) is 3.04. The van der Waals surface area contributed by atoms with Crippen LogP contribution in [0, 0.1) is 6.20 Å². The summed E-state index contributed by atoms with van der Waals surface area (Å²) in [7, 11) is 0. The summed E-state index contributed by atoms with van der Waals surface area (Å²) in [5, 5.41) is 0. The van der Waals surface area contributed by atoms with E-state index < -0.39 is 0 Å². The maximum atomic E-state index is 3.23. The summed E-state index contributed by atoms with van der Waals surface area (Å²) in [6.45, 7) is 0. The molecule has 0 bridgehead atoms. The number of rotatable bonds is 1. The molecule has 0 unspecified atom stereocenters. The lowest BCUT2D eigenvalue weighted by molar-refractivity contribution is 0.455. The molecule has 1 nitrogen and oxygen atoms in total. The molecule has 0 spiro atoms. The lowest BCUT2D eigenvalue weighted by Gasteiger charge is -2.18. The second kappa shape index (κ2) is 4.50. The Kier molecular flexibility index (Phi) is 3.07. The molecule has 1 aromatic heterocycles. The van der Waals surface area contributed by atoms with Crippen molar-refractivity contribution in [3.8, 4) is 0 Å². The Labute approximate surface area is 80.6 Å². The molecule has 1 heteroatoms. The Morgan fingerprint density at radius 1 is 1.08 bits per heavy atom. The molecular formula is C12H18N. The molecular weight excluding hydrogens is 158 g/mol. The molecule has 0 atom stereocenters. The average molecular weight is 176 g/mol. The van der Waals surface area contributed by atoms with Crippen molar-refractivity contribution >= 4 is 0 Å². The van der Waals surface area contributed by atoms with Gasteiger partial charge in [-0.2, -0.15) is 0 Å². The third-order valence-electron chi connectivity index (χ3n) is 3.11. The fourth-order valence-corrected chi connectivity index (χ4v) is 2.30. The van der Waals surface area contributed by atoms with E-state index in [0.717, 1.165) is 5.92 Å². The van der Waals surface area contributed by atoms with Gasteiger partial charge in [0.05, 0.1) is 6.20 Å². The zero-order valence-electron chi connectivity index (χ0n) is 8.18. The van der Waals surface area contributed by atoms with Crippen LogP contribution in [-0.4, -0.2) is 4.98 Å². The summed E-state index contributed by atoms with van der Waals surface area (Å²) in [6, 6.07) is 2.19. The first-order valence-corrected chi connectivity index (χ1v) is 5.52. The van der Waals surface area contributed by atoms with Crippen LogP contribution in [0.15, 0.2) is 12.3 Å². The van der Waals surface area contributed by atoms with Crippen LogP contribution in [0.3, 0.4) is 0 Å². The molecule has 0 amide bonds. The van der Waals surface area contributed by atoms with Gasteiger partial charge in [-0.15, -0.1) is 0 Å². The number of H-pyrrole nitrogens is 1. The van der Waals surface area contributed by atoms with Crippen molar-refractivity contribution in [3.05, 3.63) is 24.0 Å². The van der Waals surface area contributed by atoms with Gasteiger partial charge in [0.15, 0.2) is 0 Å². The van der Waals surface area contributed by atoms with E-state index in [9.17, 15) is 0 Å². The van der Waals surface area contributed by atoms with Gasteiger partial charge in [0.25, 0.3) is 0 Å². The van der Waals surface area contributed by atoms with Gasteiger partial charge in [-0.3, -0.25) is 0 Å². The first-order valence-electron chi connectivity index (χ1n) is 5.52. The quantitative estimate of drug-likeness (QED) is 0.672. The van der Waals surface area contributed by atoms with Crippen LogP contribution < -0.4 is 0 Å². The van der Waals surface area contributed by atoms with Gasteiger partial charge in [0, 0.05) is 6.20 Å². The predicted octanol–water partition coefficient (Wildman–Crippen LogP) is 3.64. The molecule has 13 heavy (non-hydrogen) atoms. The van der Waals surface area contributed by atoms with Crippen LogP contribution in [0.5, 0.6) is 0 Å². The minimum Gasteiger partial charge on any atom is -0.360 e. The third kappa shape index (κ3) is 2.36. The van der Waals surface area contributed by atoms with Crippen molar-refractivity contribution in [3.63, 3.8) is 0 Å². The fraction of sp³-hybridized carbons (Fsp3) is 0.667. The number of hydrogen-bond donors (Lipinski definition) is 1. The van der Waals surface area contributed by atoms with Crippen LogP contribution >= 0.6 is 0 Å². The average Bonchev–Trinajstić information content (AvgIpc) is 2.55. The van der Waals surface area contributed by atoms with Crippen LogP contribution in [-0.2, 0) is 0 Å². The molecule has 1 aliphatic carbocycles. The summed E-state index contributed by atoms with van der Waals surface area (Å²) >= 11 is 0. The number of aromatic nitrogens is 1. The Balaban J connectivity index is 1.96. The number of hydrogen-bond acceptors (Lipinski definition) is 0. The Hall–Kier alpha value is -0.720. The van der Waals surface area contributed by atoms with Gasteiger partial charge >= 0.3 is 0 Å².